The summed E-state index contributed by atoms with van der Waals surface area (Å²) in [4.78, 5) is 8.23. The summed E-state index contributed by atoms with van der Waals surface area (Å²) in [6.07, 6.45) is 4.17. The number of rotatable bonds is 3. The average molecular weight is 189 g/mol. The van der Waals surface area contributed by atoms with Gasteiger partial charge in [-0.25, -0.2) is 9.97 Å². The van der Waals surface area contributed by atoms with Crippen LogP contribution in [0.1, 0.15) is 30.0 Å². The van der Waals surface area contributed by atoms with Gasteiger partial charge in [-0.1, -0.05) is 0 Å². The molecule has 1 saturated carbocycles. The second-order valence-corrected chi connectivity index (χ2v) is 3.36. The molecule has 1 aromatic heterocycles. The van der Waals surface area contributed by atoms with Crippen LogP contribution in [-0.2, 0) is 6.42 Å². The smallest absolute Gasteiger partial charge is 0.220 e. The zero-order chi connectivity index (χ0) is 9.97. The Morgan fingerprint density at radius 2 is 2.36 bits per heavy atom. The summed E-state index contributed by atoms with van der Waals surface area (Å²) >= 11 is 0. The van der Waals surface area contributed by atoms with Crippen LogP contribution in [0.4, 0.5) is 0 Å². The Hall–Kier alpha value is -1.63. The van der Waals surface area contributed by atoms with Gasteiger partial charge in [0.15, 0.2) is 0 Å². The van der Waals surface area contributed by atoms with Crippen molar-refractivity contribution in [3.8, 4) is 11.9 Å². The molecule has 0 saturated heterocycles. The Labute approximate surface area is 82.6 Å². The Balaban J connectivity index is 2.42. The number of methoxy groups -OCH3 is 1. The molecule has 1 aliphatic carbocycles. The van der Waals surface area contributed by atoms with Crippen LogP contribution in [0.25, 0.3) is 0 Å². The van der Waals surface area contributed by atoms with E-state index in [2.05, 4.69) is 16.0 Å². The lowest BCUT2D eigenvalue weighted by atomic mass is 10.1. The fourth-order valence-corrected chi connectivity index (χ4v) is 1.54. The molecule has 0 amide bonds. The van der Waals surface area contributed by atoms with E-state index in [0.717, 1.165) is 11.3 Å². The molecule has 0 radical (unpaired) electrons. The topological polar surface area (TPSA) is 58.8 Å². The van der Waals surface area contributed by atoms with Crippen LogP contribution in [0.5, 0.6) is 5.88 Å². The van der Waals surface area contributed by atoms with Gasteiger partial charge in [0.1, 0.15) is 6.33 Å². The molecule has 0 bridgehead atoms. The molecule has 1 aliphatic rings. The van der Waals surface area contributed by atoms with Gasteiger partial charge in [-0.2, -0.15) is 5.26 Å². The standard InChI is InChI=1S/C10H11N3O/c1-14-10-8(4-5-11)9(7-2-3-7)12-6-13-10/h6-7H,2-4H2,1H3. The van der Waals surface area contributed by atoms with E-state index in [1.54, 1.807) is 7.11 Å². The zero-order valence-electron chi connectivity index (χ0n) is 8.03. The first-order valence-electron chi connectivity index (χ1n) is 4.61. The van der Waals surface area contributed by atoms with Gasteiger partial charge in [-0.15, -0.1) is 0 Å². The molecule has 0 spiro atoms. The first kappa shape index (κ1) is 8.95. The van der Waals surface area contributed by atoms with Crippen molar-refractivity contribution in [3.05, 3.63) is 17.6 Å². The second kappa shape index (κ2) is 3.62. The molecule has 0 unspecified atom stereocenters. The highest BCUT2D eigenvalue weighted by atomic mass is 16.5. The van der Waals surface area contributed by atoms with Crippen LogP contribution >= 0.6 is 0 Å². The summed E-state index contributed by atoms with van der Waals surface area (Å²) in [5, 5.41) is 8.71. The molecule has 14 heavy (non-hydrogen) atoms. The largest absolute Gasteiger partial charge is 0.481 e. The molecule has 0 N–H and O–H groups in total. The quantitative estimate of drug-likeness (QED) is 0.721. The van der Waals surface area contributed by atoms with E-state index in [-0.39, 0.29) is 0 Å². The first-order chi connectivity index (χ1) is 6.86. The Bertz CT molecular complexity index is 379. The van der Waals surface area contributed by atoms with Crippen LogP contribution in [-0.4, -0.2) is 17.1 Å². The molecule has 1 aromatic rings. The lowest BCUT2D eigenvalue weighted by molar-refractivity contribution is 0.391. The van der Waals surface area contributed by atoms with E-state index in [1.807, 2.05) is 0 Å². The molecule has 4 heteroatoms. The van der Waals surface area contributed by atoms with Gasteiger partial charge in [0.2, 0.25) is 5.88 Å². The van der Waals surface area contributed by atoms with Crippen LogP contribution in [0.3, 0.4) is 0 Å². The Kier molecular flexibility index (Phi) is 2.32. The van der Waals surface area contributed by atoms with E-state index in [1.165, 1.54) is 19.2 Å². The highest BCUT2D eigenvalue weighted by Crippen LogP contribution is 2.41. The number of hydrogen-bond donors (Lipinski definition) is 0. The van der Waals surface area contributed by atoms with Gasteiger partial charge in [0, 0.05) is 5.92 Å². The molecule has 1 heterocycles. The van der Waals surface area contributed by atoms with Crippen LogP contribution in [0.2, 0.25) is 0 Å². The summed E-state index contributed by atoms with van der Waals surface area (Å²) in [6.45, 7) is 0. The lowest BCUT2D eigenvalue weighted by Crippen LogP contribution is -2.01. The van der Waals surface area contributed by atoms with Crippen molar-refractivity contribution in [1.29, 1.82) is 5.26 Å². The van der Waals surface area contributed by atoms with Crippen LogP contribution in [0, 0.1) is 11.3 Å². The number of hydrogen-bond acceptors (Lipinski definition) is 4. The Morgan fingerprint density at radius 3 is 2.93 bits per heavy atom. The number of aromatic nitrogens is 2. The summed E-state index contributed by atoms with van der Waals surface area (Å²) in [5.41, 5.74) is 1.86. The molecular formula is C10H11N3O. The number of nitriles is 1. The lowest BCUT2D eigenvalue weighted by Gasteiger charge is -2.07. The molecule has 4 nitrogen and oxygen atoms in total. The predicted molar refractivity (Wildman–Crippen MR) is 49.9 cm³/mol. The number of nitrogens with zero attached hydrogens (tertiary/aromatic N) is 3. The van der Waals surface area contributed by atoms with Gasteiger partial charge in [-0.05, 0) is 12.8 Å². The summed E-state index contributed by atoms with van der Waals surface area (Å²) in [5.74, 6) is 1.07. The Morgan fingerprint density at radius 1 is 1.57 bits per heavy atom. The fraction of sp³-hybridized carbons (Fsp3) is 0.500. The van der Waals surface area contributed by atoms with E-state index in [0.29, 0.717) is 18.2 Å². The fourth-order valence-electron chi connectivity index (χ4n) is 1.54. The minimum absolute atomic E-state index is 0.329. The minimum atomic E-state index is 0.329. The maximum atomic E-state index is 8.71. The van der Waals surface area contributed by atoms with Crippen molar-refractivity contribution in [2.24, 2.45) is 0 Å². The number of ether oxygens (including phenoxy) is 1. The van der Waals surface area contributed by atoms with Gasteiger partial charge in [0.25, 0.3) is 0 Å². The summed E-state index contributed by atoms with van der Waals surface area (Å²) in [6, 6.07) is 2.12. The molecule has 0 aliphatic heterocycles. The van der Waals surface area contributed by atoms with Gasteiger partial charge < -0.3 is 4.74 Å². The van der Waals surface area contributed by atoms with Gasteiger partial charge >= 0.3 is 0 Å². The molecule has 1 fully saturated rings. The predicted octanol–water partition coefficient (Wildman–Crippen LogP) is 1.43. The van der Waals surface area contributed by atoms with E-state index in [4.69, 9.17) is 10.00 Å². The monoisotopic (exact) mass is 189 g/mol. The second-order valence-electron chi connectivity index (χ2n) is 3.36. The van der Waals surface area contributed by atoms with Gasteiger partial charge in [-0.3, -0.25) is 0 Å². The van der Waals surface area contributed by atoms with E-state index in [9.17, 15) is 0 Å². The summed E-state index contributed by atoms with van der Waals surface area (Å²) in [7, 11) is 1.57. The van der Waals surface area contributed by atoms with Crippen molar-refractivity contribution in [3.63, 3.8) is 0 Å². The highest BCUT2D eigenvalue weighted by molar-refractivity contribution is 5.36. The zero-order valence-corrected chi connectivity index (χ0v) is 8.03. The van der Waals surface area contributed by atoms with Crippen molar-refractivity contribution in [2.75, 3.05) is 7.11 Å². The first-order valence-corrected chi connectivity index (χ1v) is 4.61. The third-order valence-electron chi connectivity index (χ3n) is 2.35. The summed E-state index contributed by atoms with van der Waals surface area (Å²) < 4.78 is 5.11. The van der Waals surface area contributed by atoms with Crippen LogP contribution < -0.4 is 4.74 Å². The van der Waals surface area contributed by atoms with Crippen molar-refractivity contribution in [1.82, 2.24) is 9.97 Å². The molecule has 2 rings (SSSR count). The maximum absolute atomic E-state index is 8.71. The van der Waals surface area contributed by atoms with Crippen molar-refractivity contribution >= 4 is 0 Å². The third-order valence-corrected chi connectivity index (χ3v) is 2.35. The SMILES string of the molecule is COc1ncnc(C2CC2)c1CC#N. The maximum Gasteiger partial charge on any atom is 0.220 e. The molecule has 0 aromatic carbocycles. The molecule has 0 atom stereocenters. The van der Waals surface area contributed by atoms with E-state index >= 15 is 0 Å². The normalized spacial score (nSPS) is 14.9. The highest BCUT2D eigenvalue weighted by Gasteiger charge is 2.29. The van der Waals surface area contributed by atoms with E-state index < -0.39 is 0 Å². The van der Waals surface area contributed by atoms with Gasteiger partial charge in [0.05, 0.1) is 30.9 Å². The van der Waals surface area contributed by atoms with Crippen molar-refractivity contribution in [2.45, 2.75) is 25.2 Å². The third kappa shape index (κ3) is 1.53. The minimum Gasteiger partial charge on any atom is -0.481 e. The van der Waals surface area contributed by atoms with Crippen molar-refractivity contribution < 1.29 is 4.74 Å². The molecule has 72 valence electrons. The average Bonchev–Trinajstić information content (AvgIpc) is 3.02. The van der Waals surface area contributed by atoms with Crippen LogP contribution in [0.15, 0.2) is 6.33 Å². The molecular weight excluding hydrogens is 178 g/mol.